The van der Waals surface area contributed by atoms with E-state index in [1.807, 2.05) is 25.1 Å². The molecule has 2 aromatic heterocycles. The van der Waals surface area contributed by atoms with E-state index in [4.69, 9.17) is 0 Å². The molecule has 0 aliphatic heterocycles. The number of nitrogens with one attached hydrogen (secondary N) is 1. The maximum atomic E-state index is 11.7. The molecule has 22 heavy (non-hydrogen) atoms. The molecule has 3 rings (SSSR count). The highest BCUT2D eigenvalue weighted by Gasteiger charge is 2.07. The highest BCUT2D eigenvalue weighted by molar-refractivity contribution is 5.76. The van der Waals surface area contributed by atoms with Crippen molar-refractivity contribution in [1.82, 2.24) is 29.6 Å². The molecule has 0 aliphatic carbocycles. The maximum absolute atomic E-state index is 11.7. The summed E-state index contributed by atoms with van der Waals surface area (Å²) in [6.45, 7) is 3.66. The number of benzene rings is 1. The van der Waals surface area contributed by atoms with Crippen LogP contribution >= 0.6 is 0 Å². The van der Waals surface area contributed by atoms with Gasteiger partial charge in [0, 0.05) is 13.1 Å². The second kappa shape index (κ2) is 6.38. The Labute approximate surface area is 128 Å². The predicted octanol–water partition coefficient (Wildman–Crippen LogP) is 1.14. The maximum Gasteiger partial charge on any atom is 0.241 e. The molecule has 2 heterocycles. The second-order valence-corrected chi connectivity index (χ2v) is 5.10. The number of nitrogens with zero attached hydrogens (tertiary/aromatic N) is 5. The van der Waals surface area contributed by atoms with Crippen molar-refractivity contribution < 1.29 is 4.79 Å². The zero-order valence-corrected chi connectivity index (χ0v) is 12.4. The van der Waals surface area contributed by atoms with Crippen molar-refractivity contribution in [3.8, 4) is 0 Å². The van der Waals surface area contributed by atoms with E-state index in [2.05, 4.69) is 31.0 Å². The first kappa shape index (κ1) is 14.2. The molecule has 1 aromatic carbocycles. The molecule has 114 valence electrons. The van der Waals surface area contributed by atoms with Crippen molar-refractivity contribution in [3.63, 3.8) is 0 Å². The molecule has 0 unspecified atom stereocenters. The molecule has 1 amide bonds. The summed E-state index contributed by atoms with van der Waals surface area (Å²) in [6, 6.07) is 8.08. The number of fused-ring (bicyclic) bond motifs is 1. The fraction of sp³-hybridized carbons (Fsp3) is 0.333. The highest BCUT2D eigenvalue weighted by Crippen LogP contribution is 2.15. The van der Waals surface area contributed by atoms with Gasteiger partial charge >= 0.3 is 0 Å². The summed E-state index contributed by atoms with van der Waals surface area (Å²) in [5.74, 6) is 0.938. The van der Waals surface area contributed by atoms with Crippen LogP contribution in [0.15, 0.2) is 36.9 Å². The van der Waals surface area contributed by atoms with Crippen LogP contribution in [0.25, 0.3) is 11.0 Å². The number of imidazole rings is 1. The highest BCUT2D eigenvalue weighted by atomic mass is 16.2. The molecule has 0 radical (unpaired) electrons. The third kappa shape index (κ3) is 3.13. The van der Waals surface area contributed by atoms with Gasteiger partial charge in [0.2, 0.25) is 5.91 Å². The Bertz CT molecular complexity index is 762. The molecular formula is C15H18N6O. The fourth-order valence-electron chi connectivity index (χ4n) is 2.46. The van der Waals surface area contributed by atoms with Crippen molar-refractivity contribution in [2.45, 2.75) is 26.4 Å². The van der Waals surface area contributed by atoms with E-state index < -0.39 is 0 Å². The monoisotopic (exact) mass is 298 g/mol. The summed E-state index contributed by atoms with van der Waals surface area (Å²) in [4.78, 5) is 20.1. The van der Waals surface area contributed by atoms with Crippen molar-refractivity contribution in [2.24, 2.45) is 0 Å². The minimum atomic E-state index is -0.0577. The topological polar surface area (TPSA) is 77.6 Å². The summed E-state index contributed by atoms with van der Waals surface area (Å²) < 4.78 is 3.68. The average Bonchev–Trinajstić information content (AvgIpc) is 3.11. The molecule has 1 N–H and O–H groups in total. The van der Waals surface area contributed by atoms with E-state index in [1.54, 1.807) is 0 Å². The molecule has 0 aliphatic rings. The average molecular weight is 298 g/mol. The van der Waals surface area contributed by atoms with Gasteiger partial charge in [0.15, 0.2) is 0 Å². The fourth-order valence-corrected chi connectivity index (χ4v) is 2.46. The quantitative estimate of drug-likeness (QED) is 0.692. The van der Waals surface area contributed by atoms with Crippen molar-refractivity contribution in [1.29, 1.82) is 0 Å². The van der Waals surface area contributed by atoms with Gasteiger partial charge in [0.25, 0.3) is 0 Å². The van der Waals surface area contributed by atoms with Gasteiger partial charge in [-0.15, -0.1) is 0 Å². The Kier molecular flexibility index (Phi) is 4.13. The number of aromatic nitrogens is 5. The van der Waals surface area contributed by atoms with Crippen LogP contribution in [0.4, 0.5) is 0 Å². The number of hydrogen-bond acceptors (Lipinski definition) is 4. The van der Waals surface area contributed by atoms with Gasteiger partial charge in [-0.1, -0.05) is 12.1 Å². The zero-order chi connectivity index (χ0) is 15.4. The van der Waals surface area contributed by atoms with Crippen LogP contribution in [0, 0.1) is 6.92 Å². The molecule has 0 saturated heterocycles. The minimum absolute atomic E-state index is 0.0577. The number of aryl methyl sites for hydroxylation is 2. The van der Waals surface area contributed by atoms with Crippen LogP contribution < -0.4 is 5.32 Å². The smallest absolute Gasteiger partial charge is 0.241 e. The number of rotatable bonds is 6. The molecular weight excluding hydrogens is 280 g/mol. The summed E-state index contributed by atoms with van der Waals surface area (Å²) in [5, 5.41) is 6.79. The lowest BCUT2D eigenvalue weighted by Gasteiger charge is -2.08. The van der Waals surface area contributed by atoms with Gasteiger partial charge in [-0.25, -0.2) is 14.6 Å². The van der Waals surface area contributed by atoms with Gasteiger partial charge < -0.3 is 9.88 Å². The summed E-state index contributed by atoms with van der Waals surface area (Å²) >= 11 is 0. The van der Waals surface area contributed by atoms with Gasteiger partial charge in [-0.2, -0.15) is 5.10 Å². The molecule has 3 aromatic rings. The first-order valence-electron chi connectivity index (χ1n) is 7.25. The van der Waals surface area contributed by atoms with Crippen LogP contribution in [0.5, 0.6) is 0 Å². The normalized spacial score (nSPS) is 11.0. The largest absolute Gasteiger partial charge is 0.354 e. The Morgan fingerprint density at radius 1 is 1.32 bits per heavy atom. The van der Waals surface area contributed by atoms with E-state index in [0.717, 1.165) is 29.8 Å². The first-order valence-corrected chi connectivity index (χ1v) is 7.25. The third-order valence-electron chi connectivity index (χ3n) is 3.50. The summed E-state index contributed by atoms with van der Waals surface area (Å²) in [6.07, 6.45) is 3.80. The summed E-state index contributed by atoms with van der Waals surface area (Å²) in [5.41, 5.74) is 2.14. The Morgan fingerprint density at radius 2 is 2.18 bits per heavy atom. The molecule has 0 spiro atoms. The molecule has 0 saturated carbocycles. The van der Waals surface area contributed by atoms with Gasteiger partial charge in [0.1, 0.15) is 25.0 Å². The Morgan fingerprint density at radius 3 is 3.00 bits per heavy atom. The lowest BCUT2D eigenvalue weighted by atomic mass is 10.3. The first-order chi connectivity index (χ1) is 10.7. The van der Waals surface area contributed by atoms with Gasteiger partial charge in [-0.3, -0.25) is 4.79 Å². The Hall–Kier alpha value is -2.70. The van der Waals surface area contributed by atoms with Crippen molar-refractivity contribution >= 4 is 16.9 Å². The minimum Gasteiger partial charge on any atom is -0.354 e. The van der Waals surface area contributed by atoms with E-state index in [-0.39, 0.29) is 12.5 Å². The SMILES string of the molecule is Cc1nc2ccccc2n1CCCNC(=O)Cn1cncn1. The van der Waals surface area contributed by atoms with Gasteiger partial charge in [-0.05, 0) is 25.5 Å². The van der Waals surface area contributed by atoms with E-state index in [9.17, 15) is 4.79 Å². The van der Waals surface area contributed by atoms with E-state index in [0.29, 0.717) is 6.54 Å². The number of para-hydroxylation sites is 2. The zero-order valence-electron chi connectivity index (χ0n) is 12.4. The predicted molar refractivity (Wildman–Crippen MR) is 82.1 cm³/mol. The van der Waals surface area contributed by atoms with Crippen molar-refractivity contribution in [3.05, 3.63) is 42.7 Å². The number of carbonyl (C=O) groups is 1. The van der Waals surface area contributed by atoms with Crippen LogP contribution in [0.1, 0.15) is 12.2 Å². The van der Waals surface area contributed by atoms with Crippen LogP contribution in [-0.2, 0) is 17.9 Å². The molecule has 0 atom stereocenters. The standard InChI is InChI=1S/C15H18N6O/c1-12-19-13-5-2-3-6-14(13)21(12)8-4-7-17-15(22)9-20-11-16-10-18-20/h2-3,5-6,10-11H,4,7-9H2,1H3,(H,17,22). The van der Waals surface area contributed by atoms with E-state index in [1.165, 1.54) is 17.3 Å². The molecule has 0 bridgehead atoms. The van der Waals surface area contributed by atoms with Crippen LogP contribution in [-0.4, -0.2) is 36.8 Å². The van der Waals surface area contributed by atoms with Crippen LogP contribution in [0.3, 0.4) is 0 Å². The van der Waals surface area contributed by atoms with Gasteiger partial charge in [0.05, 0.1) is 11.0 Å². The number of hydrogen-bond donors (Lipinski definition) is 1. The van der Waals surface area contributed by atoms with E-state index >= 15 is 0 Å². The lowest BCUT2D eigenvalue weighted by Crippen LogP contribution is -2.29. The number of carbonyl (C=O) groups excluding carboxylic acids is 1. The van der Waals surface area contributed by atoms with Crippen molar-refractivity contribution in [2.75, 3.05) is 6.54 Å². The molecule has 7 heteroatoms. The molecule has 7 nitrogen and oxygen atoms in total. The summed E-state index contributed by atoms with van der Waals surface area (Å²) in [7, 11) is 0. The number of amides is 1. The second-order valence-electron chi connectivity index (χ2n) is 5.10. The van der Waals surface area contributed by atoms with Crippen LogP contribution in [0.2, 0.25) is 0 Å². The molecule has 0 fully saturated rings. The third-order valence-corrected chi connectivity index (χ3v) is 3.50. The Balaban J connectivity index is 1.50. The lowest BCUT2D eigenvalue weighted by molar-refractivity contribution is -0.121.